The summed E-state index contributed by atoms with van der Waals surface area (Å²) < 4.78 is 5.91. The summed E-state index contributed by atoms with van der Waals surface area (Å²) in [5.74, 6) is 0. The molecular weight excluding hydrogens is 178 g/mol. The lowest BCUT2D eigenvalue weighted by atomic mass is 10.3. The summed E-state index contributed by atoms with van der Waals surface area (Å²) in [6.07, 6.45) is 4.82. The highest BCUT2D eigenvalue weighted by Gasteiger charge is 2.20. The fourth-order valence-corrected chi connectivity index (χ4v) is 3.20. The maximum absolute atomic E-state index is 5.91. The van der Waals surface area contributed by atoms with Gasteiger partial charge in [0, 0.05) is 6.61 Å². The Morgan fingerprint density at radius 1 is 1.15 bits per heavy atom. The molecule has 0 bridgehead atoms. The Balaban J connectivity index is 3.42. The molecule has 0 rings (SSSR count). The van der Waals surface area contributed by atoms with Crippen molar-refractivity contribution < 1.29 is 4.43 Å². The van der Waals surface area contributed by atoms with Gasteiger partial charge in [0.25, 0.3) is 0 Å². The van der Waals surface area contributed by atoms with E-state index in [0.29, 0.717) is 0 Å². The number of rotatable bonds is 8. The van der Waals surface area contributed by atoms with Crippen LogP contribution in [-0.4, -0.2) is 21.5 Å². The van der Waals surface area contributed by atoms with Gasteiger partial charge in [-0.1, -0.05) is 19.8 Å². The van der Waals surface area contributed by atoms with E-state index in [1.807, 2.05) is 0 Å². The van der Waals surface area contributed by atoms with Crippen molar-refractivity contribution in [3.8, 4) is 0 Å². The van der Waals surface area contributed by atoms with Crippen molar-refractivity contribution in [2.45, 2.75) is 51.7 Å². The van der Waals surface area contributed by atoms with E-state index < -0.39 is 8.32 Å². The van der Waals surface area contributed by atoms with Gasteiger partial charge in [-0.05, 0) is 38.5 Å². The Kier molecular flexibility index (Phi) is 7.61. The van der Waals surface area contributed by atoms with Gasteiger partial charge in [-0.25, -0.2) is 0 Å². The third kappa shape index (κ3) is 8.47. The Morgan fingerprint density at radius 3 is 2.38 bits per heavy atom. The maximum atomic E-state index is 5.91. The molecule has 0 aromatic heterocycles. The summed E-state index contributed by atoms with van der Waals surface area (Å²) in [7, 11) is -1.33. The fraction of sp³-hybridized carbons (Fsp3) is 1.00. The maximum Gasteiger partial charge on any atom is 0.186 e. The van der Waals surface area contributed by atoms with Crippen LogP contribution in [0, 0.1) is 0 Å². The van der Waals surface area contributed by atoms with E-state index in [1.54, 1.807) is 0 Å². The molecule has 3 heteroatoms. The van der Waals surface area contributed by atoms with E-state index in [9.17, 15) is 0 Å². The molecule has 0 spiro atoms. The van der Waals surface area contributed by atoms with E-state index in [1.165, 1.54) is 25.3 Å². The summed E-state index contributed by atoms with van der Waals surface area (Å²) >= 11 is 0. The molecule has 13 heavy (non-hydrogen) atoms. The molecule has 0 fully saturated rings. The van der Waals surface area contributed by atoms with Crippen molar-refractivity contribution in [2.75, 3.05) is 13.2 Å². The standard InChI is InChI=1S/C10H25NOSi/c1-4-5-9-12-13(2,3)10-7-6-8-11/h4-11H2,1-3H3. The summed E-state index contributed by atoms with van der Waals surface area (Å²) in [6.45, 7) is 8.59. The van der Waals surface area contributed by atoms with Crippen LogP contribution in [0.1, 0.15) is 32.6 Å². The quantitative estimate of drug-likeness (QED) is 0.486. The van der Waals surface area contributed by atoms with Crippen molar-refractivity contribution in [3.05, 3.63) is 0 Å². The topological polar surface area (TPSA) is 35.2 Å². The second-order valence-corrected chi connectivity index (χ2v) is 8.52. The predicted octanol–water partition coefficient (Wildman–Crippen LogP) is 2.75. The second-order valence-electron chi connectivity index (χ2n) is 4.21. The molecule has 0 aliphatic carbocycles. The molecule has 0 atom stereocenters. The van der Waals surface area contributed by atoms with Crippen LogP contribution in [0.5, 0.6) is 0 Å². The molecular formula is C10H25NOSi. The SMILES string of the molecule is CCCCO[Si](C)(C)CCCCN. The Labute approximate surface area is 84.0 Å². The molecule has 0 aliphatic rings. The molecule has 0 saturated carbocycles. The number of nitrogens with two attached hydrogens (primary N) is 1. The molecule has 2 N–H and O–H groups in total. The summed E-state index contributed by atoms with van der Waals surface area (Å²) in [6, 6.07) is 1.26. The molecule has 0 aromatic carbocycles. The zero-order chi connectivity index (χ0) is 10.2. The van der Waals surface area contributed by atoms with Crippen molar-refractivity contribution in [1.29, 1.82) is 0 Å². The third-order valence-electron chi connectivity index (χ3n) is 2.22. The van der Waals surface area contributed by atoms with Crippen LogP contribution in [0.25, 0.3) is 0 Å². The predicted molar refractivity (Wildman–Crippen MR) is 61.4 cm³/mol. The average Bonchev–Trinajstić information content (AvgIpc) is 2.05. The monoisotopic (exact) mass is 203 g/mol. The van der Waals surface area contributed by atoms with Gasteiger partial charge >= 0.3 is 0 Å². The number of unbranched alkanes of at least 4 members (excludes halogenated alkanes) is 2. The van der Waals surface area contributed by atoms with E-state index >= 15 is 0 Å². The van der Waals surface area contributed by atoms with Gasteiger partial charge in [0.2, 0.25) is 0 Å². The van der Waals surface area contributed by atoms with Gasteiger partial charge < -0.3 is 10.2 Å². The molecule has 0 saturated heterocycles. The molecule has 80 valence electrons. The number of hydrogen-bond donors (Lipinski definition) is 1. The zero-order valence-corrected chi connectivity index (χ0v) is 10.4. The van der Waals surface area contributed by atoms with Crippen molar-refractivity contribution in [3.63, 3.8) is 0 Å². The first-order valence-electron chi connectivity index (χ1n) is 5.46. The van der Waals surface area contributed by atoms with Crippen LogP contribution < -0.4 is 5.73 Å². The lowest BCUT2D eigenvalue weighted by molar-refractivity contribution is 0.298. The van der Waals surface area contributed by atoms with E-state index in [0.717, 1.165) is 19.6 Å². The smallest absolute Gasteiger partial charge is 0.186 e. The summed E-state index contributed by atoms with van der Waals surface area (Å²) in [4.78, 5) is 0. The third-order valence-corrected chi connectivity index (χ3v) is 4.77. The molecule has 0 unspecified atom stereocenters. The normalized spacial score (nSPS) is 12.0. The lowest BCUT2D eigenvalue weighted by Crippen LogP contribution is -2.30. The molecule has 0 aliphatic heterocycles. The van der Waals surface area contributed by atoms with Gasteiger partial charge in [-0.2, -0.15) is 0 Å². The molecule has 0 amide bonds. The van der Waals surface area contributed by atoms with E-state index in [4.69, 9.17) is 10.2 Å². The molecule has 0 radical (unpaired) electrons. The first kappa shape index (κ1) is 13.1. The average molecular weight is 203 g/mol. The van der Waals surface area contributed by atoms with Crippen LogP contribution in [0.4, 0.5) is 0 Å². The highest BCUT2D eigenvalue weighted by atomic mass is 28.4. The Bertz CT molecular complexity index is 105. The van der Waals surface area contributed by atoms with Crippen LogP contribution >= 0.6 is 0 Å². The lowest BCUT2D eigenvalue weighted by Gasteiger charge is -2.22. The van der Waals surface area contributed by atoms with Crippen LogP contribution in [0.3, 0.4) is 0 Å². The van der Waals surface area contributed by atoms with Gasteiger partial charge in [0.15, 0.2) is 8.32 Å². The van der Waals surface area contributed by atoms with Gasteiger partial charge in [-0.3, -0.25) is 0 Å². The second kappa shape index (κ2) is 7.53. The number of hydrogen-bond acceptors (Lipinski definition) is 2. The Hall–Kier alpha value is 0.137. The Morgan fingerprint density at radius 2 is 1.85 bits per heavy atom. The minimum absolute atomic E-state index is 0.819. The van der Waals surface area contributed by atoms with Crippen molar-refractivity contribution in [2.24, 2.45) is 5.73 Å². The fourth-order valence-electron chi connectivity index (χ4n) is 1.26. The molecule has 0 aromatic rings. The minimum atomic E-state index is -1.33. The van der Waals surface area contributed by atoms with Crippen molar-refractivity contribution >= 4 is 8.32 Å². The largest absolute Gasteiger partial charge is 0.417 e. The van der Waals surface area contributed by atoms with Crippen LogP contribution in [0.2, 0.25) is 19.1 Å². The highest BCUT2D eigenvalue weighted by Crippen LogP contribution is 2.15. The summed E-state index contributed by atoms with van der Waals surface area (Å²) in [5, 5.41) is 0. The van der Waals surface area contributed by atoms with Crippen molar-refractivity contribution in [1.82, 2.24) is 0 Å². The summed E-state index contributed by atoms with van der Waals surface area (Å²) in [5.41, 5.74) is 5.45. The van der Waals surface area contributed by atoms with Gasteiger partial charge in [0.1, 0.15) is 0 Å². The first-order valence-corrected chi connectivity index (χ1v) is 8.58. The van der Waals surface area contributed by atoms with Gasteiger partial charge in [0.05, 0.1) is 0 Å². The molecule has 0 heterocycles. The molecule has 2 nitrogen and oxygen atoms in total. The zero-order valence-electron chi connectivity index (χ0n) is 9.44. The highest BCUT2D eigenvalue weighted by molar-refractivity contribution is 6.71. The minimum Gasteiger partial charge on any atom is -0.417 e. The van der Waals surface area contributed by atoms with Crippen LogP contribution in [0.15, 0.2) is 0 Å². The van der Waals surface area contributed by atoms with E-state index in [2.05, 4.69) is 20.0 Å². The first-order chi connectivity index (χ1) is 6.12. The van der Waals surface area contributed by atoms with Crippen LogP contribution in [-0.2, 0) is 4.43 Å². The van der Waals surface area contributed by atoms with E-state index in [-0.39, 0.29) is 0 Å². The van der Waals surface area contributed by atoms with Gasteiger partial charge in [-0.15, -0.1) is 0 Å².